The minimum Gasteiger partial charge on any atom is -0.492 e. The molecule has 0 aliphatic heterocycles. The van der Waals surface area contributed by atoms with Crippen molar-refractivity contribution in [2.24, 2.45) is 0 Å². The van der Waals surface area contributed by atoms with E-state index in [1.807, 2.05) is 0 Å². The predicted octanol–water partition coefficient (Wildman–Crippen LogP) is 2.80. The van der Waals surface area contributed by atoms with Crippen molar-refractivity contribution in [3.05, 3.63) is 23.5 Å². The maximum atomic E-state index is 13.6. The second-order valence-corrected chi connectivity index (χ2v) is 3.86. The van der Waals surface area contributed by atoms with Crippen LogP contribution >= 0.6 is 0 Å². The van der Waals surface area contributed by atoms with Crippen molar-refractivity contribution in [3.8, 4) is 5.75 Å². The summed E-state index contributed by atoms with van der Waals surface area (Å²) in [7, 11) is 1.49. The normalized spacial score (nSPS) is 11.2. The van der Waals surface area contributed by atoms with Crippen LogP contribution in [0.25, 0.3) is 0 Å². The largest absolute Gasteiger partial charge is 0.492 e. The highest BCUT2D eigenvalue weighted by Gasteiger charge is 2.29. The summed E-state index contributed by atoms with van der Waals surface area (Å²) in [4.78, 5) is 10.9. The molecule has 0 bridgehead atoms. The third-order valence-corrected chi connectivity index (χ3v) is 2.37. The number of nitrogens with one attached hydrogen (secondary N) is 1. The molecule has 0 aliphatic rings. The van der Waals surface area contributed by atoms with E-state index in [2.05, 4.69) is 5.32 Å². The van der Waals surface area contributed by atoms with Crippen molar-refractivity contribution in [1.29, 1.82) is 0 Å². The summed E-state index contributed by atoms with van der Waals surface area (Å²) in [6, 6.07) is 2.18. The van der Waals surface area contributed by atoms with Gasteiger partial charge in [0.2, 0.25) is 11.7 Å². The summed E-state index contributed by atoms with van der Waals surface area (Å²) in [5.41, 5.74) is -0.445. The Kier molecular flexibility index (Phi) is 5.14. The number of quaternary nitrogens is 1. The number of hydrogen-bond acceptors (Lipinski definition) is 3. The number of nitrogens with zero attached hydrogens (tertiary/aromatic N) is 1. The molecule has 1 aromatic carbocycles. The van der Waals surface area contributed by atoms with Crippen LogP contribution in [0.15, 0.2) is 12.1 Å². The zero-order chi connectivity index (χ0) is 15.3. The summed E-state index contributed by atoms with van der Waals surface area (Å²) in [6.45, 7) is -1.48. The van der Waals surface area contributed by atoms with Crippen molar-refractivity contribution >= 4 is 11.7 Å². The minimum absolute atomic E-state index is 0.258. The van der Waals surface area contributed by atoms with E-state index in [0.29, 0.717) is 0 Å². The van der Waals surface area contributed by atoms with E-state index in [9.17, 15) is 22.6 Å². The Labute approximate surface area is 111 Å². The predicted molar refractivity (Wildman–Crippen MR) is 61.5 cm³/mol. The van der Waals surface area contributed by atoms with Crippen molar-refractivity contribution in [1.82, 2.24) is 0 Å². The third-order valence-electron chi connectivity index (χ3n) is 2.37. The van der Waals surface area contributed by atoms with Gasteiger partial charge >= 0.3 is 5.97 Å². The topological polar surface area (TPSA) is 58.6 Å². The van der Waals surface area contributed by atoms with Gasteiger partial charge in [-0.05, 0) is 6.07 Å². The van der Waals surface area contributed by atoms with Gasteiger partial charge in [-0.25, -0.2) is 9.18 Å². The Morgan fingerprint density at radius 2 is 2.05 bits per heavy atom. The molecule has 0 radical (unpaired) electrons. The molecule has 0 amide bonds. The van der Waals surface area contributed by atoms with Gasteiger partial charge in [0.1, 0.15) is 17.1 Å². The van der Waals surface area contributed by atoms with Crippen LogP contribution in [0.1, 0.15) is 16.8 Å². The molecule has 0 unspecified atom stereocenters. The molecule has 0 saturated heterocycles. The lowest BCUT2D eigenvalue weighted by molar-refractivity contribution is -1.27. The second kappa shape index (κ2) is 6.42. The highest BCUT2D eigenvalue weighted by Crippen LogP contribution is 2.27. The second-order valence-electron chi connectivity index (χ2n) is 3.86. The molecule has 112 valence electrons. The number of rotatable bonds is 7. The number of carboxylic acids is 1. The van der Waals surface area contributed by atoms with Gasteiger partial charge in [-0.2, -0.15) is 0 Å². The first-order valence-electron chi connectivity index (χ1n) is 5.59. The van der Waals surface area contributed by atoms with Crippen molar-refractivity contribution in [2.75, 3.05) is 25.5 Å². The maximum absolute atomic E-state index is 13.6. The molecule has 2 N–H and O–H groups in total. The van der Waals surface area contributed by atoms with E-state index < -0.39 is 29.0 Å². The van der Waals surface area contributed by atoms with Crippen molar-refractivity contribution < 1.29 is 37.6 Å². The lowest BCUT2D eigenvalue weighted by atomic mass is 10.1. The number of aromatic carboxylic acids is 1. The smallest absolute Gasteiger partial charge is 0.342 e. The first-order valence-corrected chi connectivity index (χ1v) is 5.59. The summed E-state index contributed by atoms with van der Waals surface area (Å²) < 4.78 is 54.2. The van der Waals surface area contributed by atoms with E-state index >= 15 is 0 Å². The van der Waals surface area contributed by atoms with Crippen LogP contribution in [0.3, 0.4) is 0 Å². The van der Waals surface area contributed by atoms with Crippen LogP contribution in [0.2, 0.25) is 0 Å². The standard InChI is InChI=1S/C11H12F4N2O3/c1-16-7-5-8(12)10(11(18)19)9(6-7)20-4-2-3-17(13,14)15/h5-6,16H,2-4H2,1H3/p+1. The van der Waals surface area contributed by atoms with E-state index in [0.717, 1.165) is 6.07 Å². The molecular weight excluding hydrogens is 284 g/mol. The molecule has 0 fully saturated rings. The number of carboxylic acid groups (broad SMARTS) is 1. The molecule has 1 aromatic rings. The van der Waals surface area contributed by atoms with Crippen LogP contribution in [0.4, 0.5) is 23.5 Å². The average Bonchev–Trinajstić information content (AvgIpc) is 2.32. The lowest BCUT2D eigenvalue weighted by Gasteiger charge is -2.11. The van der Waals surface area contributed by atoms with Gasteiger partial charge < -0.3 is 15.2 Å². The number of benzene rings is 1. The van der Waals surface area contributed by atoms with Gasteiger partial charge in [0.25, 0.3) is 0 Å². The fourth-order valence-corrected chi connectivity index (χ4v) is 1.47. The van der Waals surface area contributed by atoms with Gasteiger partial charge in [-0.1, -0.05) is 0 Å². The molecule has 5 nitrogen and oxygen atoms in total. The lowest BCUT2D eigenvalue weighted by Crippen LogP contribution is -2.21. The Hall–Kier alpha value is -2.03. The van der Waals surface area contributed by atoms with Crippen LogP contribution in [0, 0.1) is 5.82 Å². The summed E-state index contributed by atoms with van der Waals surface area (Å²) in [6.07, 6.45) is -0.367. The highest BCUT2D eigenvalue weighted by atomic mass is 19.6. The molecule has 0 aliphatic carbocycles. The minimum atomic E-state index is -3.71. The Morgan fingerprint density at radius 1 is 1.40 bits per heavy atom. The fourth-order valence-electron chi connectivity index (χ4n) is 1.47. The summed E-state index contributed by atoms with van der Waals surface area (Å²) in [5.74, 6) is -2.88. The quantitative estimate of drug-likeness (QED) is 0.461. The van der Waals surface area contributed by atoms with E-state index in [4.69, 9.17) is 9.84 Å². The molecular formula is C11H13F4N2O3+. The Morgan fingerprint density at radius 3 is 2.55 bits per heavy atom. The van der Waals surface area contributed by atoms with Crippen molar-refractivity contribution in [2.45, 2.75) is 6.42 Å². The molecule has 20 heavy (non-hydrogen) atoms. The van der Waals surface area contributed by atoms with Crippen LogP contribution in [-0.2, 0) is 0 Å². The third kappa shape index (κ3) is 4.57. The van der Waals surface area contributed by atoms with Gasteiger partial charge in [0, 0.05) is 25.2 Å². The number of hydrogen-bond donors (Lipinski definition) is 2. The van der Waals surface area contributed by atoms with Gasteiger partial charge in [-0.3, -0.25) is 0 Å². The molecule has 0 saturated carbocycles. The Bertz CT molecular complexity index is 491. The van der Waals surface area contributed by atoms with Crippen LogP contribution in [0.5, 0.6) is 5.75 Å². The number of carbonyl (C=O) groups is 1. The summed E-state index contributed by atoms with van der Waals surface area (Å²) >= 11 is 0. The van der Waals surface area contributed by atoms with E-state index in [1.54, 1.807) is 0 Å². The first-order chi connectivity index (χ1) is 9.24. The van der Waals surface area contributed by atoms with Gasteiger partial charge in [-0.15, -0.1) is 0 Å². The van der Waals surface area contributed by atoms with Gasteiger partial charge in [0.05, 0.1) is 20.1 Å². The SMILES string of the molecule is CNc1cc(F)c(C(=O)O)c(OCCC[N+](F)(F)F)c1. The first kappa shape index (κ1) is 16.0. The molecule has 0 spiro atoms. The van der Waals surface area contributed by atoms with Crippen LogP contribution < -0.4 is 10.1 Å². The maximum Gasteiger partial charge on any atom is 0.342 e. The molecule has 1 rings (SSSR count). The van der Waals surface area contributed by atoms with Crippen LogP contribution in [-0.4, -0.2) is 36.4 Å². The monoisotopic (exact) mass is 297 g/mol. The van der Waals surface area contributed by atoms with Gasteiger partial charge in [0.15, 0.2) is 0 Å². The van der Waals surface area contributed by atoms with E-state index in [1.165, 1.54) is 13.1 Å². The summed E-state index contributed by atoms with van der Waals surface area (Å²) in [5, 5.41) is 7.76. The molecule has 9 heteroatoms. The number of ether oxygens (including phenoxy) is 1. The Balaban J connectivity index is 2.82. The zero-order valence-electron chi connectivity index (χ0n) is 10.5. The molecule has 0 aromatic heterocycles. The molecule has 0 atom stereocenters. The zero-order valence-corrected chi connectivity index (χ0v) is 10.5. The number of anilines is 1. The average molecular weight is 297 g/mol. The molecule has 0 heterocycles. The fraction of sp³-hybridized carbons (Fsp3) is 0.364. The van der Waals surface area contributed by atoms with E-state index in [-0.39, 0.29) is 24.5 Å². The van der Waals surface area contributed by atoms with Crippen molar-refractivity contribution in [3.63, 3.8) is 0 Å². The highest BCUT2D eigenvalue weighted by molar-refractivity contribution is 5.92. The number of halogens is 4.